The number of aliphatic hydroxyl groups excluding tert-OH is 1. The molecule has 98 valence electrons. The Bertz CT molecular complexity index is 339. The van der Waals surface area contributed by atoms with E-state index in [1.165, 1.54) is 0 Å². The van der Waals surface area contributed by atoms with Crippen LogP contribution in [0.1, 0.15) is 46.4 Å². The van der Waals surface area contributed by atoms with Crippen LogP contribution in [0, 0.1) is 0 Å². The summed E-state index contributed by atoms with van der Waals surface area (Å²) in [5.74, 6) is 0. The van der Waals surface area contributed by atoms with Gasteiger partial charge in [0.15, 0.2) is 0 Å². The average molecular weight is 239 g/mol. The minimum Gasteiger partial charge on any atom is -0.391 e. The number of β-amino-alcohol motifs (C(OH)–C–C–N with tert-alkyl or cyclic N) is 1. The molecule has 2 N–H and O–H groups in total. The van der Waals surface area contributed by atoms with Crippen molar-refractivity contribution in [3.05, 3.63) is 18.0 Å². The summed E-state index contributed by atoms with van der Waals surface area (Å²) >= 11 is 0. The summed E-state index contributed by atoms with van der Waals surface area (Å²) in [5, 5.41) is 17.6. The number of hydrogen-bond acceptors (Lipinski definition) is 3. The van der Waals surface area contributed by atoms with Crippen molar-refractivity contribution in [3.63, 3.8) is 0 Å². The number of rotatable bonds is 5. The van der Waals surface area contributed by atoms with Crippen LogP contribution in [-0.4, -0.2) is 33.1 Å². The molecule has 0 saturated carbocycles. The molecule has 0 spiro atoms. The fourth-order valence-electron chi connectivity index (χ4n) is 1.51. The van der Waals surface area contributed by atoms with Crippen LogP contribution in [0.2, 0.25) is 0 Å². The lowest BCUT2D eigenvalue weighted by molar-refractivity contribution is 0.159. The van der Waals surface area contributed by atoms with Gasteiger partial charge in [-0.25, -0.2) is 0 Å². The molecule has 0 amide bonds. The zero-order valence-electron chi connectivity index (χ0n) is 11.6. The van der Waals surface area contributed by atoms with Crippen molar-refractivity contribution in [2.24, 2.45) is 0 Å². The first-order valence-corrected chi connectivity index (χ1v) is 6.25. The standard InChI is InChI=1S/C13H25N3O/c1-10(2)16-7-6-11(15-16)8-12(17)9-14-13(3,4)5/h6-7,10,12,14,17H,8-9H2,1-5H3. The molecule has 1 rings (SSSR count). The molecule has 0 saturated heterocycles. The van der Waals surface area contributed by atoms with Gasteiger partial charge in [-0.15, -0.1) is 0 Å². The lowest BCUT2D eigenvalue weighted by atomic mass is 10.1. The molecule has 0 aromatic carbocycles. The molecule has 4 nitrogen and oxygen atoms in total. The van der Waals surface area contributed by atoms with E-state index in [4.69, 9.17) is 0 Å². The number of nitrogens with one attached hydrogen (secondary N) is 1. The third-order valence-electron chi connectivity index (χ3n) is 2.51. The highest BCUT2D eigenvalue weighted by atomic mass is 16.3. The van der Waals surface area contributed by atoms with Crippen molar-refractivity contribution in [3.8, 4) is 0 Å². The van der Waals surface area contributed by atoms with Crippen LogP contribution < -0.4 is 5.32 Å². The Morgan fingerprint density at radius 1 is 1.41 bits per heavy atom. The Hall–Kier alpha value is -0.870. The van der Waals surface area contributed by atoms with Crippen molar-refractivity contribution < 1.29 is 5.11 Å². The molecule has 1 aromatic rings. The average Bonchev–Trinajstić information content (AvgIpc) is 2.62. The molecular formula is C13H25N3O. The van der Waals surface area contributed by atoms with E-state index in [-0.39, 0.29) is 11.6 Å². The van der Waals surface area contributed by atoms with Gasteiger partial charge in [0.05, 0.1) is 11.8 Å². The third kappa shape index (κ3) is 5.33. The summed E-state index contributed by atoms with van der Waals surface area (Å²) in [7, 11) is 0. The van der Waals surface area contributed by atoms with Gasteiger partial charge in [-0.2, -0.15) is 5.10 Å². The van der Waals surface area contributed by atoms with Crippen LogP contribution in [0.3, 0.4) is 0 Å². The number of aliphatic hydroxyl groups is 1. The Morgan fingerprint density at radius 2 is 2.06 bits per heavy atom. The minimum absolute atomic E-state index is 0.0400. The zero-order valence-corrected chi connectivity index (χ0v) is 11.6. The maximum absolute atomic E-state index is 9.90. The van der Waals surface area contributed by atoms with Crippen LogP contribution in [0.5, 0.6) is 0 Å². The first-order valence-electron chi connectivity index (χ1n) is 6.25. The predicted molar refractivity (Wildman–Crippen MR) is 70.1 cm³/mol. The highest BCUT2D eigenvalue weighted by Crippen LogP contribution is 2.07. The van der Waals surface area contributed by atoms with Crippen LogP contribution in [-0.2, 0) is 6.42 Å². The van der Waals surface area contributed by atoms with E-state index in [1.54, 1.807) is 0 Å². The Morgan fingerprint density at radius 3 is 2.53 bits per heavy atom. The fraction of sp³-hybridized carbons (Fsp3) is 0.769. The van der Waals surface area contributed by atoms with Gasteiger partial charge in [-0.3, -0.25) is 4.68 Å². The van der Waals surface area contributed by atoms with E-state index in [2.05, 4.69) is 45.0 Å². The highest BCUT2D eigenvalue weighted by Gasteiger charge is 2.13. The Labute approximate surface area is 104 Å². The molecule has 0 radical (unpaired) electrons. The second-order valence-electron chi connectivity index (χ2n) is 5.87. The summed E-state index contributed by atoms with van der Waals surface area (Å²) in [6.45, 7) is 11.0. The SMILES string of the molecule is CC(C)n1ccc(CC(O)CNC(C)(C)C)n1. The van der Waals surface area contributed by atoms with E-state index in [9.17, 15) is 5.11 Å². The molecule has 17 heavy (non-hydrogen) atoms. The fourth-order valence-corrected chi connectivity index (χ4v) is 1.51. The van der Waals surface area contributed by atoms with Crippen molar-refractivity contribution in [1.29, 1.82) is 0 Å². The van der Waals surface area contributed by atoms with Crippen LogP contribution in [0.25, 0.3) is 0 Å². The number of aromatic nitrogens is 2. The predicted octanol–water partition coefficient (Wildman–Crippen LogP) is 1.76. The summed E-state index contributed by atoms with van der Waals surface area (Å²) in [6.07, 6.45) is 2.18. The Balaban J connectivity index is 2.42. The summed E-state index contributed by atoms with van der Waals surface area (Å²) in [4.78, 5) is 0. The van der Waals surface area contributed by atoms with Gasteiger partial charge in [0, 0.05) is 30.7 Å². The lowest BCUT2D eigenvalue weighted by Gasteiger charge is -2.22. The molecule has 1 atom stereocenters. The van der Waals surface area contributed by atoms with Crippen LogP contribution >= 0.6 is 0 Å². The van der Waals surface area contributed by atoms with Crippen molar-refractivity contribution in [2.75, 3.05) is 6.54 Å². The first kappa shape index (κ1) is 14.2. The lowest BCUT2D eigenvalue weighted by Crippen LogP contribution is -2.41. The third-order valence-corrected chi connectivity index (χ3v) is 2.51. The number of hydrogen-bond donors (Lipinski definition) is 2. The Kier molecular flexibility index (Phi) is 4.71. The molecule has 0 aliphatic carbocycles. The van der Waals surface area contributed by atoms with Crippen molar-refractivity contribution in [1.82, 2.24) is 15.1 Å². The molecule has 1 aromatic heterocycles. The molecule has 1 heterocycles. The first-order chi connectivity index (χ1) is 7.78. The molecule has 0 aliphatic rings. The van der Waals surface area contributed by atoms with Gasteiger partial charge in [0.1, 0.15) is 0 Å². The molecule has 0 fully saturated rings. The molecule has 1 unspecified atom stereocenters. The van der Waals surface area contributed by atoms with Gasteiger partial charge in [0.2, 0.25) is 0 Å². The van der Waals surface area contributed by atoms with E-state index in [1.807, 2.05) is 16.9 Å². The van der Waals surface area contributed by atoms with Gasteiger partial charge >= 0.3 is 0 Å². The maximum Gasteiger partial charge on any atom is 0.0720 e. The number of nitrogens with zero attached hydrogens (tertiary/aromatic N) is 2. The molecule has 0 aliphatic heterocycles. The summed E-state index contributed by atoms with van der Waals surface area (Å²) < 4.78 is 1.92. The van der Waals surface area contributed by atoms with Crippen molar-refractivity contribution in [2.45, 2.75) is 58.7 Å². The monoisotopic (exact) mass is 239 g/mol. The van der Waals surface area contributed by atoms with Gasteiger partial charge < -0.3 is 10.4 Å². The summed E-state index contributed by atoms with van der Waals surface area (Å²) in [6, 6.07) is 2.34. The maximum atomic E-state index is 9.90. The normalized spacial score (nSPS) is 14.3. The van der Waals surface area contributed by atoms with E-state index < -0.39 is 0 Å². The quantitative estimate of drug-likeness (QED) is 0.823. The highest BCUT2D eigenvalue weighted by molar-refractivity contribution is 5.01. The van der Waals surface area contributed by atoms with Crippen molar-refractivity contribution >= 4 is 0 Å². The van der Waals surface area contributed by atoms with Gasteiger partial charge in [-0.05, 0) is 40.7 Å². The van der Waals surface area contributed by atoms with E-state index in [0.29, 0.717) is 19.0 Å². The minimum atomic E-state index is -0.385. The molecular weight excluding hydrogens is 214 g/mol. The van der Waals surface area contributed by atoms with Crippen LogP contribution in [0.15, 0.2) is 12.3 Å². The molecule has 4 heteroatoms. The smallest absolute Gasteiger partial charge is 0.0720 e. The second-order valence-corrected chi connectivity index (χ2v) is 5.87. The van der Waals surface area contributed by atoms with Gasteiger partial charge in [0.25, 0.3) is 0 Å². The van der Waals surface area contributed by atoms with Crippen LogP contribution in [0.4, 0.5) is 0 Å². The largest absolute Gasteiger partial charge is 0.391 e. The second kappa shape index (κ2) is 5.65. The summed E-state index contributed by atoms with van der Waals surface area (Å²) in [5.41, 5.74) is 0.986. The van der Waals surface area contributed by atoms with Gasteiger partial charge in [-0.1, -0.05) is 0 Å². The van der Waals surface area contributed by atoms with E-state index in [0.717, 1.165) is 5.69 Å². The topological polar surface area (TPSA) is 50.1 Å². The molecule has 0 bridgehead atoms. The van der Waals surface area contributed by atoms with E-state index >= 15 is 0 Å². The zero-order chi connectivity index (χ0) is 13.1.